The van der Waals surface area contributed by atoms with E-state index in [-0.39, 0.29) is 28.3 Å². The van der Waals surface area contributed by atoms with Gasteiger partial charge in [-0.2, -0.15) is 0 Å². The molecule has 1 aromatic carbocycles. The molecule has 0 radical (unpaired) electrons. The van der Waals surface area contributed by atoms with Crippen molar-refractivity contribution in [2.75, 3.05) is 11.9 Å². The zero-order valence-electron chi connectivity index (χ0n) is 14.0. The van der Waals surface area contributed by atoms with Gasteiger partial charge in [-0.25, -0.2) is 0 Å². The van der Waals surface area contributed by atoms with Crippen molar-refractivity contribution in [3.8, 4) is 0 Å². The standard InChI is InChI=1S/C18H22Cl3NO3/c19-13-9-14(20)18(15(21)10-13)22-16(23)11-25-17(24)8-4-7-12-5-2-1-3-6-12/h9-10,12H,1-8,11H2,(H,22,23). The average Bonchev–Trinajstić information content (AvgIpc) is 2.57. The summed E-state index contributed by atoms with van der Waals surface area (Å²) >= 11 is 17.8. The Morgan fingerprint density at radius 1 is 1.08 bits per heavy atom. The van der Waals surface area contributed by atoms with E-state index in [2.05, 4.69) is 5.32 Å². The van der Waals surface area contributed by atoms with Crippen LogP contribution in [0.1, 0.15) is 51.4 Å². The Labute approximate surface area is 163 Å². The summed E-state index contributed by atoms with van der Waals surface area (Å²) in [5.74, 6) is -0.120. The normalized spacial score (nSPS) is 15.0. The number of nitrogens with one attached hydrogen (secondary N) is 1. The number of rotatable bonds is 7. The van der Waals surface area contributed by atoms with Crippen LogP contribution in [-0.2, 0) is 14.3 Å². The maximum atomic E-state index is 11.9. The number of carbonyl (C=O) groups is 2. The topological polar surface area (TPSA) is 55.4 Å². The van der Waals surface area contributed by atoms with Crippen LogP contribution in [0.15, 0.2) is 12.1 Å². The lowest BCUT2D eigenvalue weighted by molar-refractivity contribution is -0.147. The molecule has 25 heavy (non-hydrogen) atoms. The second-order valence-electron chi connectivity index (χ2n) is 6.35. The Morgan fingerprint density at radius 3 is 2.36 bits per heavy atom. The predicted molar refractivity (Wildman–Crippen MR) is 101 cm³/mol. The maximum absolute atomic E-state index is 11.9. The Balaban J connectivity index is 1.68. The van der Waals surface area contributed by atoms with Gasteiger partial charge in [-0.1, -0.05) is 66.9 Å². The average molecular weight is 407 g/mol. The summed E-state index contributed by atoms with van der Waals surface area (Å²) in [5.41, 5.74) is 0.256. The lowest BCUT2D eigenvalue weighted by atomic mass is 9.86. The van der Waals surface area contributed by atoms with Crippen molar-refractivity contribution in [3.05, 3.63) is 27.2 Å². The fourth-order valence-corrected chi connectivity index (χ4v) is 3.98. The Hall–Kier alpha value is -0.970. The summed E-state index contributed by atoms with van der Waals surface area (Å²) in [7, 11) is 0. The minimum Gasteiger partial charge on any atom is -0.456 e. The molecule has 0 aliphatic heterocycles. The molecule has 1 amide bonds. The third-order valence-corrected chi connectivity index (χ3v) is 5.17. The van der Waals surface area contributed by atoms with Crippen LogP contribution in [0.3, 0.4) is 0 Å². The number of halogens is 3. The highest BCUT2D eigenvalue weighted by Gasteiger charge is 2.15. The molecule has 7 heteroatoms. The van der Waals surface area contributed by atoms with Crippen LogP contribution in [0, 0.1) is 5.92 Å². The first-order valence-electron chi connectivity index (χ1n) is 8.55. The highest BCUT2D eigenvalue weighted by Crippen LogP contribution is 2.33. The number of carbonyl (C=O) groups excluding carboxylic acids is 2. The number of benzene rings is 1. The molecular formula is C18H22Cl3NO3. The van der Waals surface area contributed by atoms with Crippen LogP contribution in [0.25, 0.3) is 0 Å². The molecule has 1 aromatic rings. The van der Waals surface area contributed by atoms with Gasteiger partial charge in [-0.15, -0.1) is 0 Å². The van der Waals surface area contributed by atoms with Crippen LogP contribution in [-0.4, -0.2) is 18.5 Å². The lowest BCUT2D eigenvalue weighted by Gasteiger charge is -2.20. The van der Waals surface area contributed by atoms with Crippen molar-refractivity contribution in [1.82, 2.24) is 0 Å². The second kappa shape index (κ2) is 10.2. The molecule has 1 fully saturated rings. The van der Waals surface area contributed by atoms with Gasteiger partial charge in [-0.3, -0.25) is 9.59 Å². The van der Waals surface area contributed by atoms with E-state index >= 15 is 0 Å². The van der Waals surface area contributed by atoms with Gasteiger partial charge in [0.15, 0.2) is 6.61 Å². The van der Waals surface area contributed by atoms with E-state index in [0.717, 1.165) is 18.8 Å². The third kappa shape index (κ3) is 7.04. The molecule has 1 saturated carbocycles. The fourth-order valence-electron chi connectivity index (χ4n) is 3.07. The third-order valence-electron chi connectivity index (χ3n) is 4.35. The molecule has 1 aliphatic rings. The van der Waals surface area contributed by atoms with Crippen LogP contribution in [0.4, 0.5) is 5.69 Å². The minimum atomic E-state index is -0.494. The molecule has 2 rings (SSSR count). The number of hydrogen-bond acceptors (Lipinski definition) is 3. The Kier molecular flexibility index (Phi) is 8.34. The fraction of sp³-hybridized carbons (Fsp3) is 0.556. The van der Waals surface area contributed by atoms with E-state index in [9.17, 15) is 9.59 Å². The van der Waals surface area contributed by atoms with Gasteiger partial charge in [0.1, 0.15) is 0 Å². The Bertz CT molecular complexity index is 593. The highest BCUT2D eigenvalue weighted by molar-refractivity contribution is 6.42. The molecule has 0 bridgehead atoms. The van der Waals surface area contributed by atoms with E-state index in [4.69, 9.17) is 39.5 Å². The Morgan fingerprint density at radius 2 is 1.72 bits per heavy atom. The zero-order chi connectivity index (χ0) is 18.2. The summed E-state index contributed by atoms with van der Waals surface area (Å²) in [4.78, 5) is 23.6. The van der Waals surface area contributed by atoms with Gasteiger partial charge in [0.25, 0.3) is 5.91 Å². The molecule has 1 N–H and O–H groups in total. The predicted octanol–water partition coefficient (Wildman–Crippen LogP) is 5.88. The van der Waals surface area contributed by atoms with Crippen molar-refractivity contribution in [2.45, 2.75) is 51.4 Å². The molecule has 0 atom stereocenters. The summed E-state index contributed by atoms with van der Waals surface area (Å²) in [6, 6.07) is 2.95. The molecular weight excluding hydrogens is 385 g/mol. The maximum Gasteiger partial charge on any atom is 0.306 e. The van der Waals surface area contributed by atoms with Gasteiger partial charge in [0.05, 0.1) is 15.7 Å². The zero-order valence-corrected chi connectivity index (χ0v) is 16.2. The van der Waals surface area contributed by atoms with Crippen LogP contribution >= 0.6 is 34.8 Å². The summed E-state index contributed by atoms with van der Waals surface area (Å²) in [6.45, 7) is -0.364. The number of amides is 1. The number of anilines is 1. The van der Waals surface area contributed by atoms with Gasteiger partial charge in [0, 0.05) is 11.4 Å². The molecule has 138 valence electrons. The smallest absolute Gasteiger partial charge is 0.306 e. The molecule has 0 unspecified atom stereocenters. The summed E-state index contributed by atoms with van der Waals surface area (Å²) in [6.07, 6.45) is 8.65. The first kappa shape index (κ1) is 20.3. The van der Waals surface area contributed by atoms with Gasteiger partial charge < -0.3 is 10.1 Å². The van der Waals surface area contributed by atoms with Crippen molar-refractivity contribution in [1.29, 1.82) is 0 Å². The van der Waals surface area contributed by atoms with Gasteiger partial charge >= 0.3 is 5.97 Å². The molecule has 0 heterocycles. The van der Waals surface area contributed by atoms with Crippen molar-refractivity contribution < 1.29 is 14.3 Å². The first-order valence-corrected chi connectivity index (χ1v) is 9.69. The van der Waals surface area contributed by atoms with Crippen molar-refractivity contribution in [3.63, 3.8) is 0 Å². The lowest BCUT2D eigenvalue weighted by Crippen LogP contribution is -2.21. The molecule has 0 saturated heterocycles. The monoisotopic (exact) mass is 405 g/mol. The van der Waals surface area contributed by atoms with Crippen molar-refractivity contribution in [2.24, 2.45) is 5.92 Å². The quantitative estimate of drug-likeness (QED) is 0.575. The second-order valence-corrected chi connectivity index (χ2v) is 7.60. The van der Waals surface area contributed by atoms with Gasteiger partial charge in [-0.05, 0) is 30.9 Å². The van der Waals surface area contributed by atoms with Crippen molar-refractivity contribution >= 4 is 52.4 Å². The first-order chi connectivity index (χ1) is 12.0. The van der Waals surface area contributed by atoms with E-state index in [1.807, 2.05) is 0 Å². The van der Waals surface area contributed by atoms with E-state index in [1.165, 1.54) is 44.2 Å². The van der Waals surface area contributed by atoms with Crippen LogP contribution < -0.4 is 5.32 Å². The number of ether oxygens (including phenoxy) is 1. The van der Waals surface area contributed by atoms with E-state index < -0.39 is 5.91 Å². The molecule has 1 aliphatic carbocycles. The minimum absolute atomic E-state index is 0.227. The van der Waals surface area contributed by atoms with Crippen LogP contribution in [0.2, 0.25) is 15.1 Å². The van der Waals surface area contributed by atoms with Gasteiger partial charge in [0.2, 0.25) is 0 Å². The molecule has 4 nitrogen and oxygen atoms in total. The SMILES string of the molecule is O=C(COC(=O)CCCC1CCCCC1)Nc1c(Cl)cc(Cl)cc1Cl. The van der Waals surface area contributed by atoms with E-state index in [1.54, 1.807) is 0 Å². The number of esters is 1. The summed E-state index contributed by atoms with van der Waals surface area (Å²) in [5, 5.41) is 3.36. The molecule has 0 aromatic heterocycles. The number of hydrogen-bond donors (Lipinski definition) is 1. The van der Waals surface area contributed by atoms with Crippen LogP contribution in [0.5, 0.6) is 0 Å². The summed E-state index contributed by atoms with van der Waals surface area (Å²) < 4.78 is 5.01. The molecule has 0 spiro atoms. The largest absolute Gasteiger partial charge is 0.456 e. The highest BCUT2D eigenvalue weighted by atomic mass is 35.5. The van der Waals surface area contributed by atoms with E-state index in [0.29, 0.717) is 11.4 Å².